The predicted molar refractivity (Wildman–Crippen MR) is 95.8 cm³/mol. The number of nitrogens with zero attached hydrogens (tertiary/aromatic N) is 6. The maximum Gasteiger partial charge on any atom is 0.330 e. The van der Waals surface area contributed by atoms with Crippen molar-refractivity contribution in [2.45, 2.75) is 26.3 Å². The van der Waals surface area contributed by atoms with E-state index in [1.54, 1.807) is 7.05 Å². The van der Waals surface area contributed by atoms with Crippen molar-refractivity contribution in [3.63, 3.8) is 0 Å². The van der Waals surface area contributed by atoms with E-state index in [1.807, 2.05) is 25.7 Å². The van der Waals surface area contributed by atoms with Crippen molar-refractivity contribution in [3.05, 3.63) is 22.5 Å². The molecule has 0 aliphatic carbocycles. The lowest BCUT2D eigenvalue weighted by molar-refractivity contribution is 0.122. The zero-order valence-electron chi connectivity index (χ0n) is 15.4. The Morgan fingerprint density at radius 2 is 1.88 bits per heavy atom. The number of nitrogens with one attached hydrogen (secondary N) is 1. The second-order valence-electron chi connectivity index (χ2n) is 6.95. The molecule has 10 heteroatoms. The lowest BCUT2D eigenvalue weighted by Gasteiger charge is -2.27. The summed E-state index contributed by atoms with van der Waals surface area (Å²) in [6.45, 7) is 8.66. The molecule has 1 N–H and O–H groups in total. The van der Waals surface area contributed by atoms with Crippen LogP contribution in [0, 0.1) is 0 Å². The second kappa shape index (κ2) is 7.24. The van der Waals surface area contributed by atoms with E-state index >= 15 is 0 Å². The molecule has 1 fully saturated rings. The number of morpholine rings is 1. The Bertz CT molecular complexity index is 825. The van der Waals surface area contributed by atoms with E-state index in [-0.39, 0.29) is 23.0 Å². The van der Waals surface area contributed by atoms with Crippen LogP contribution in [0.4, 0.5) is 11.9 Å². The van der Waals surface area contributed by atoms with Gasteiger partial charge in [0.05, 0.1) is 13.2 Å². The maximum absolute atomic E-state index is 11.5. The standard InChI is InChI=1S/C16H23N7O3/c1-16(2,3)20-13-17-14(23-7-9-25-10-8-23)19-15(18-13)26-11-5-6-12(24)22(4)21-11/h5-6H,7-10H2,1-4H3,(H,17,18,19,20). The molecular formula is C16H23N7O3. The van der Waals surface area contributed by atoms with Crippen molar-refractivity contribution < 1.29 is 9.47 Å². The summed E-state index contributed by atoms with van der Waals surface area (Å²) >= 11 is 0. The molecule has 1 aliphatic rings. The van der Waals surface area contributed by atoms with E-state index in [0.717, 1.165) is 0 Å². The van der Waals surface area contributed by atoms with Gasteiger partial charge in [0.15, 0.2) is 0 Å². The molecule has 3 heterocycles. The monoisotopic (exact) mass is 361 g/mol. The van der Waals surface area contributed by atoms with Gasteiger partial charge in [-0.3, -0.25) is 4.79 Å². The molecule has 0 bridgehead atoms. The average molecular weight is 361 g/mol. The van der Waals surface area contributed by atoms with Gasteiger partial charge in [-0.25, -0.2) is 4.68 Å². The van der Waals surface area contributed by atoms with Gasteiger partial charge in [-0.15, -0.1) is 5.10 Å². The van der Waals surface area contributed by atoms with Crippen molar-refractivity contribution in [2.75, 3.05) is 36.5 Å². The Balaban J connectivity index is 1.92. The third-order valence-electron chi connectivity index (χ3n) is 3.52. The van der Waals surface area contributed by atoms with Crippen LogP contribution >= 0.6 is 0 Å². The number of ether oxygens (including phenoxy) is 2. The molecule has 1 aliphatic heterocycles. The van der Waals surface area contributed by atoms with Crippen LogP contribution < -0.4 is 20.5 Å². The Morgan fingerprint density at radius 1 is 1.15 bits per heavy atom. The second-order valence-corrected chi connectivity index (χ2v) is 6.95. The first-order valence-corrected chi connectivity index (χ1v) is 8.39. The van der Waals surface area contributed by atoms with Crippen molar-refractivity contribution in [1.29, 1.82) is 0 Å². The molecule has 0 atom stereocenters. The van der Waals surface area contributed by atoms with Crippen molar-refractivity contribution >= 4 is 11.9 Å². The van der Waals surface area contributed by atoms with E-state index in [4.69, 9.17) is 9.47 Å². The number of hydrogen-bond acceptors (Lipinski definition) is 9. The summed E-state index contributed by atoms with van der Waals surface area (Å²) in [5.41, 5.74) is -0.451. The molecule has 0 radical (unpaired) electrons. The molecule has 2 aromatic rings. The highest BCUT2D eigenvalue weighted by atomic mass is 16.5. The number of rotatable bonds is 4. The molecule has 1 saturated heterocycles. The van der Waals surface area contributed by atoms with E-state index in [1.165, 1.54) is 16.8 Å². The van der Waals surface area contributed by atoms with Gasteiger partial charge >= 0.3 is 6.01 Å². The van der Waals surface area contributed by atoms with Gasteiger partial charge in [0.25, 0.3) is 5.56 Å². The Kier molecular flexibility index (Phi) is 5.03. The average Bonchev–Trinajstić information content (AvgIpc) is 2.57. The van der Waals surface area contributed by atoms with Crippen LogP contribution in [0.2, 0.25) is 0 Å². The Hall–Kier alpha value is -2.75. The fraction of sp³-hybridized carbons (Fsp3) is 0.562. The van der Waals surface area contributed by atoms with Gasteiger partial charge in [0.1, 0.15) is 0 Å². The topological polar surface area (TPSA) is 107 Å². The fourth-order valence-corrected chi connectivity index (χ4v) is 2.32. The lowest BCUT2D eigenvalue weighted by Crippen LogP contribution is -2.38. The molecule has 0 unspecified atom stereocenters. The van der Waals surface area contributed by atoms with E-state index in [9.17, 15) is 4.79 Å². The zero-order valence-corrected chi connectivity index (χ0v) is 15.4. The van der Waals surface area contributed by atoms with Gasteiger partial charge in [-0.1, -0.05) is 0 Å². The van der Waals surface area contributed by atoms with Gasteiger partial charge in [-0.05, 0) is 20.8 Å². The minimum absolute atomic E-state index is 0.111. The van der Waals surface area contributed by atoms with Crippen LogP contribution in [0.3, 0.4) is 0 Å². The summed E-state index contributed by atoms with van der Waals surface area (Å²) in [6.07, 6.45) is 0. The number of aromatic nitrogens is 5. The third kappa shape index (κ3) is 4.66. The van der Waals surface area contributed by atoms with E-state index in [2.05, 4.69) is 25.4 Å². The van der Waals surface area contributed by atoms with E-state index in [0.29, 0.717) is 38.2 Å². The van der Waals surface area contributed by atoms with Gasteiger partial charge in [0, 0.05) is 37.8 Å². The van der Waals surface area contributed by atoms with Crippen LogP contribution in [-0.2, 0) is 11.8 Å². The first kappa shape index (κ1) is 18.1. The highest BCUT2D eigenvalue weighted by Gasteiger charge is 2.20. The summed E-state index contributed by atoms with van der Waals surface area (Å²) in [7, 11) is 1.55. The summed E-state index contributed by atoms with van der Waals surface area (Å²) in [6, 6.07) is 2.97. The van der Waals surface area contributed by atoms with Gasteiger partial charge in [-0.2, -0.15) is 15.0 Å². The van der Waals surface area contributed by atoms with Crippen LogP contribution in [0.25, 0.3) is 0 Å². The van der Waals surface area contributed by atoms with Crippen molar-refractivity contribution in [1.82, 2.24) is 24.7 Å². The highest BCUT2D eigenvalue weighted by Crippen LogP contribution is 2.21. The molecular weight excluding hydrogens is 338 g/mol. The van der Waals surface area contributed by atoms with Gasteiger partial charge < -0.3 is 19.7 Å². The SMILES string of the molecule is Cn1nc(Oc2nc(NC(C)(C)C)nc(N3CCOCC3)n2)ccc1=O. The van der Waals surface area contributed by atoms with Crippen LogP contribution in [0.5, 0.6) is 11.9 Å². The van der Waals surface area contributed by atoms with Crippen LogP contribution in [0.15, 0.2) is 16.9 Å². The Morgan fingerprint density at radius 3 is 2.54 bits per heavy atom. The minimum atomic E-state index is -0.226. The zero-order chi connectivity index (χ0) is 18.7. The molecule has 26 heavy (non-hydrogen) atoms. The molecule has 2 aromatic heterocycles. The minimum Gasteiger partial charge on any atom is -0.403 e. The molecule has 10 nitrogen and oxygen atoms in total. The first-order valence-electron chi connectivity index (χ1n) is 8.39. The summed E-state index contributed by atoms with van der Waals surface area (Å²) in [5, 5.41) is 7.27. The molecule has 0 saturated carbocycles. The number of hydrogen-bond donors (Lipinski definition) is 1. The molecule has 0 aromatic carbocycles. The normalized spacial score (nSPS) is 15.0. The number of anilines is 2. The van der Waals surface area contributed by atoms with Crippen LogP contribution in [-0.4, -0.2) is 56.6 Å². The fourth-order valence-electron chi connectivity index (χ4n) is 2.32. The highest BCUT2D eigenvalue weighted by molar-refractivity contribution is 5.40. The van der Waals surface area contributed by atoms with Crippen molar-refractivity contribution in [3.8, 4) is 11.9 Å². The quantitative estimate of drug-likeness (QED) is 0.846. The first-order chi connectivity index (χ1) is 12.3. The maximum atomic E-state index is 11.5. The molecule has 0 amide bonds. The largest absolute Gasteiger partial charge is 0.403 e. The third-order valence-corrected chi connectivity index (χ3v) is 3.52. The molecule has 3 rings (SSSR count). The molecule has 0 spiro atoms. The Labute approximate surface area is 151 Å². The number of aryl methyl sites for hydroxylation is 1. The lowest BCUT2D eigenvalue weighted by atomic mass is 10.1. The summed E-state index contributed by atoms with van der Waals surface area (Å²) < 4.78 is 12.2. The summed E-state index contributed by atoms with van der Waals surface area (Å²) in [5.74, 6) is 1.15. The van der Waals surface area contributed by atoms with Crippen molar-refractivity contribution in [2.24, 2.45) is 7.05 Å². The van der Waals surface area contributed by atoms with Crippen LogP contribution in [0.1, 0.15) is 20.8 Å². The van der Waals surface area contributed by atoms with Gasteiger partial charge in [0.2, 0.25) is 17.8 Å². The summed E-state index contributed by atoms with van der Waals surface area (Å²) in [4.78, 5) is 26.7. The predicted octanol–water partition coefficient (Wildman–Crippen LogP) is 0.805. The smallest absolute Gasteiger partial charge is 0.330 e. The molecule has 140 valence electrons. The van der Waals surface area contributed by atoms with E-state index < -0.39 is 0 Å².